The van der Waals surface area contributed by atoms with Gasteiger partial charge in [-0.15, -0.1) is 10.2 Å². The van der Waals surface area contributed by atoms with E-state index in [0.29, 0.717) is 43.4 Å². The lowest BCUT2D eigenvalue weighted by atomic mass is 9.57. The van der Waals surface area contributed by atoms with E-state index in [-0.39, 0.29) is 47.2 Å². The summed E-state index contributed by atoms with van der Waals surface area (Å²) in [5, 5.41) is 21.2. The zero-order valence-electron chi connectivity index (χ0n) is 33.2. The van der Waals surface area contributed by atoms with Gasteiger partial charge < -0.3 is 35.4 Å². The number of amides is 3. The highest BCUT2D eigenvalue weighted by Gasteiger charge is 2.43. The van der Waals surface area contributed by atoms with Crippen LogP contribution in [0.25, 0.3) is 11.1 Å². The van der Waals surface area contributed by atoms with Crippen LogP contribution in [0, 0.1) is 5.92 Å². The van der Waals surface area contributed by atoms with Crippen LogP contribution in [0.1, 0.15) is 101 Å². The first-order valence-electron chi connectivity index (χ1n) is 20.4. The van der Waals surface area contributed by atoms with Crippen molar-refractivity contribution in [3.8, 4) is 11.1 Å². The number of likely N-dealkylation sites (tertiary alicyclic amines) is 2. The summed E-state index contributed by atoms with van der Waals surface area (Å²) in [6.07, 6.45) is 7.41. The van der Waals surface area contributed by atoms with Gasteiger partial charge in [-0.3, -0.25) is 19.1 Å². The minimum Gasteiger partial charge on any atom is -0.381 e. The number of pyridine rings is 1. The smallest absolute Gasteiger partial charge is 0.273 e. The molecule has 4 fully saturated rings. The highest BCUT2D eigenvalue weighted by atomic mass is 16.5. The molecule has 0 spiro atoms. The molecule has 1 atom stereocenters. The third-order valence-corrected chi connectivity index (χ3v) is 12.5. The molecule has 17 heteroatoms. The van der Waals surface area contributed by atoms with Crippen LogP contribution in [0.2, 0.25) is 0 Å². The Morgan fingerprint density at radius 1 is 0.948 bits per heavy atom. The SMILES string of the molecule is [B]C([B])(c1cccc(C(=O)N2CCCC2)n1)N1CC(n2ncc3c2C(C)N(C)c2c(Nc4cc(NC(=O)C5CC5)nnc4C(=O)NC)cc(C4CCOCC4)cc2-3)C1. The molecule has 5 aliphatic rings. The molecular formula is C41H47B2N11O4. The average Bonchev–Trinajstić information content (AvgIpc) is 3.75. The fourth-order valence-electron chi connectivity index (χ4n) is 8.75. The number of benzene rings is 1. The Labute approximate surface area is 340 Å². The lowest BCUT2D eigenvalue weighted by Crippen LogP contribution is -2.60. The molecule has 1 aliphatic carbocycles. The first kappa shape index (κ1) is 38.2. The van der Waals surface area contributed by atoms with Crippen molar-refractivity contribution in [3.63, 3.8) is 0 Å². The second-order valence-corrected chi connectivity index (χ2v) is 16.3. The third kappa shape index (κ3) is 6.91. The fourth-order valence-corrected chi connectivity index (χ4v) is 8.75. The molecule has 3 saturated heterocycles. The van der Waals surface area contributed by atoms with Crippen LogP contribution in [0.4, 0.5) is 22.9 Å². The van der Waals surface area contributed by atoms with Gasteiger partial charge in [-0.2, -0.15) is 5.10 Å². The fraction of sp³-hybridized carbons (Fsp3) is 0.488. The Bertz CT molecular complexity index is 2260. The van der Waals surface area contributed by atoms with Gasteiger partial charge >= 0.3 is 0 Å². The van der Waals surface area contributed by atoms with E-state index in [1.165, 1.54) is 0 Å². The van der Waals surface area contributed by atoms with E-state index in [1.54, 1.807) is 31.3 Å². The van der Waals surface area contributed by atoms with Crippen LogP contribution in [0.3, 0.4) is 0 Å². The molecule has 58 heavy (non-hydrogen) atoms. The monoisotopic (exact) mass is 779 g/mol. The summed E-state index contributed by atoms with van der Waals surface area (Å²) in [5.74, 6) is -0.0691. The quantitative estimate of drug-likeness (QED) is 0.201. The lowest BCUT2D eigenvalue weighted by Gasteiger charge is -2.50. The van der Waals surface area contributed by atoms with E-state index in [9.17, 15) is 14.4 Å². The zero-order valence-corrected chi connectivity index (χ0v) is 33.2. The largest absolute Gasteiger partial charge is 0.381 e. The van der Waals surface area contributed by atoms with Crippen LogP contribution in [-0.4, -0.2) is 122 Å². The Kier molecular flexibility index (Phi) is 9.99. The van der Waals surface area contributed by atoms with E-state index in [4.69, 9.17) is 25.5 Å². The lowest BCUT2D eigenvalue weighted by molar-refractivity contribution is -0.117. The van der Waals surface area contributed by atoms with Crippen LogP contribution in [0.15, 0.2) is 42.6 Å². The molecule has 1 saturated carbocycles. The minimum atomic E-state index is -1.38. The van der Waals surface area contributed by atoms with Gasteiger partial charge in [0.25, 0.3) is 11.8 Å². The summed E-state index contributed by atoms with van der Waals surface area (Å²) in [7, 11) is 17.2. The second kappa shape index (κ2) is 15.1. The number of nitrogens with one attached hydrogen (secondary N) is 3. The molecule has 15 nitrogen and oxygen atoms in total. The summed E-state index contributed by atoms with van der Waals surface area (Å²) in [5.41, 5.74) is 7.36. The van der Waals surface area contributed by atoms with Crippen LogP contribution >= 0.6 is 0 Å². The highest BCUT2D eigenvalue weighted by Crippen LogP contribution is 2.51. The van der Waals surface area contributed by atoms with Gasteiger partial charge in [0.15, 0.2) is 11.5 Å². The maximum Gasteiger partial charge on any atom is 0.273 e. The Morgan fingerprint density at radius 2 is 1.71 bits per heavy atom. The van der Waals surface area contributed by atoms with Crippen molar-refractivity contribution in [1.29, 1.82) is 0 Å². The Balaban J connectivity index is 1.03. The molecule has 4 radical (unpaired) electrons. The van der Waals surface area contributed by atoms with Crippen molar-refractivity contribution in [2.45, 2.75) is 68.8 Å². The van der Waals surface area contributed by atoms with E-state index in [2.05, 4.69) is 66.8 Å². The predicted octanol–water partition coefficient (Wildman–Crippen LogP) is 3.83. The van der Waals surface area contributed by atoms with Crippen LogP contribution in [0.5, 0.6) is 0 Å². The second-order valence-electron chi connectivity index (χ2n) is 16.3. The Morgan fingerprint density at radius 3 is 2.43 bits per heavy atom. The summed E-state index contributed by atoms with van der Waals surface area (Å²) in [6, 6.07) is 11.3. The van der Waals surface area contributed by atoms with E-state index in [1.807, 2.05) is 16.0 Å². The summed E-state index contributed by atoms with van der Waals surface area (Å²) in [4.78, 5) is 49.6. The van der Waals surface area contributed by atoms with Crippen molar-refractivity contribution in [3.05, 3.63) is 70.9 Å². The molecule has 1 unspecified atom stereocenters. The normalized spacial score (nSPS) is 19.9. The molecule has 3 N–H and O–H groups in total. The van der Waals surface area contributed by atoms with Crippen molar-refractivity contribution in [2.75, 3.05) is 69.0 Å². The number of hydrogen-bond donors (Lipinski definition) is 3. The molecule has 9 rings (SSSR count). The van der Waals surface area contributed by atoms with Crippen molar-refractivity contribution in [1.82, 2.24) is 40.1 Å². The summed E-state index contributed by atoms with van der Waals surface area (Å²) >= 11 is 0. The van der Waals surface area contributed by atoms with Gasteiger partial charge in [-0.25, -0.2) is 4.98 Å². The number of fused-ring (bicyclic) bond motifs is 3. The number of nitrogens with zero attached hydrogens (tertiary/aromatic N) is 8. The number of anilines is 4. The molecule has 4 aliphatic heterocycles. The van der Waals surface area contributed by atoms with Crippen molar-refractivity contribution < 1.29 is 19.1 Å². The van der Waals surface area contributed by atoms with Gasteiger partial charge in [0.2, 0.25) is 5.91 Å². The van der Waals surface area contributed by atoms with Crippen molar-refractivity contribution in [2.24, 2.45) is 5.92 Å². The number of carbonyl (C=O) groups is 3. The molecule has 4 aromatic rings. The summed E-state index contributed by atoms with van der Waals surface area (Å²) in [6.45, 7) is 6.08. The molecule has 0 bridgehead atoms. The van der Waals surface area contributed by atoms with Crippen LogP contribution < -0.4 is 20.9 Å². The van der Waals surface area contributed by atoms with E-state index < -0.39 is 11.2 Å². The van der Waals surface area contributed by atoms with Gasteiger partial charge in [0.1, 0.15) is 5.69 Å². The summed E-state index contributed by atoms with van der Waals surface area (Å²) < 4.78 is 7.84. The first-order valence-corrected chi connectivity index (χ1v) is 20.4. The minimum absolute atomic E-state index is 0.000545. The Hall–Kier alpha value is -5.28. The van der Waals surface area contributed by atoms with Gasteiger partial charge in [0, 0.05) is 82.3 Å². The van der Waals surface area contributed by atoms with Crippen molar-refractivity contribution >= 4 is 56.3 Å². The predicted molar refractivity (Wildman–Crippen MR) is 221 cm³/mol. The molecule has 1 aromatic carbocycles. The number of ether oxygens (including phenoxy) is 1. The molecule has 7 heterocycles. The van der Waals surface area contributed by atoms with Crippen LogP contribution in [-0.2, 0) is 14.9 Å². The number of hydrogen-bond acceptors (Lipinski definition) is 11. The first-order chi connectivity index (χ1) is 28.0. The number of aromatic nitrogens is 5. The maximum absolute atomic E-state index is 13.1. The highest BCUT2D eigenvalue weighted by molar-refractivity contribution is 6.39. The third-order valence-electron chi connectivity index (χ3n) is 12.5. The maximum atomic E-state index is 13.1. The van der Waals surface area contributed by atoms with E-state index in [0.717, 1.165) is 85.4 Å². The molecule has 3 aromatic heterocycles. The zero-order chi connectivity index (χ0) is 40.3. The van der Waals surface area contributed by atoms with Gasteiger partial charge in [-0.05, 0) is 86.5 Å². The van der Waals surface area contributed by atoms with E-state index >= 15 is 0 Å². The number of rotatable bonds is 10. The molecule has 296 valence electrons. The molecular weight excluding hydrogens is 732 g/mol. The van der Waals surface area contributed by atoms with Gasteiger partial charge in [-0.1, -0.05) is 6.07 Å². The average molecular weight is 780 g/mol. The van der Waals surface area contributed by atoms with Gasteiger partial charge in [0.05, 0.1) is 56.7 Å². The number of carbonyl (C=O) groups excluding carboxylic acids is 3. The topological polar surface area (TPSA) is 163 Å². The standard InChI is InChI=1S/C41H47B2N11O4/c1-23-36-29(20-45-54(36)27-21-53(22-27)41(42,43)33-8-6-7-30(47-33)40(57)52-13-4-5-14-52)28-17-26(24-11-15-58-16-12-24)18-32(37(28)51(23)3)46-31-19-34(48-38(55)25-9-10-25)49-50-35(31)39(56)44-2/h6-8,17-20,23-25,27H,4-5,9-16,21-22H2,1-3H3,(H,44,56)(H2,46,48,49,55). The molecule has 3 amide bonds.